The number of ether oxygens (including phenoxy) is 1. The van der Waals surface area contributed by atoms with Gasteiger partial charge in [0.05, 0.1) is 5.39 Å². The van der Waals surface area contributed by atoms with Crippen LogP contribution in [0.4, 0.5) is 0 Å². The van der Waals surface area contributed by atoms with Crippen molar-refractivity contribution in [2.45, 2.75) is 6.61 Å². The van der Waals surface area contributed by atoms with E-state index in [1.807, 2.05) is 72.8 Å². The average molecular weight is 382 g/mol. The van der Waals surface area contributed by atoms with Crippen LogP contribution in [0.25, 0.3) is 28.2 Å². The van der Waals surface area contributed by atoms with Crippen LogP contribution in [-0.4, -0.2) is 5.97 Å². The van der Waals surface area contributed by atoms with E-state index < -0.39 is 11.6 Å². The number of hydrogen-bond donors (Lipinski definition) is 0. The molecule has 4 rings (SSSR count). The van der Waals surface area contributed by atoms with Crippen LogP contribution in [0.1, 0.15) is 11.1 Å². The summed E-state index contributed by atoms with van der Waals surface area (Å²) in [6, 6.07) is 26.0. The molecular weight excluding hydrogens is 364 g/mol. The average Bonchev–Trinajstić information content (AvgIpc) is 2.78. The number of carbonyl (C=O) groups excluding carboxylic acids is 1. The molecule has 4 aromatic rings. The first kappa shape index (κ1) is 18.4. The van der Waals surface area contributed by atoms with Crippen molar-refractivity contribution in [3.63, 3.8) is 0 Å². The molecule has 4 nitrogen and oxygen atoms in total. The third kappa shape index (κ3) is 4.17. The summed E-state index contributed by atoms with van der Waals surface area (Å²) in [7, 11) is 0. The molecule has 142 valence electrons. The number of rotatable bonds is 5. The molecule has 0 unspecified atom stereocenters. The van der Waals surface area contributed by atoms with Crippen molar-refractivity contribution in [1.82, 2.24) is 0 Å². The SMILES string of the molecule is O=C(/C=C/c1c(-c2ccccc2)oc(=O)c2ccccc12)OCc1ccccc1. The van der Waals surface area contributed by atoms with Crippen LogP contribution in [0, 0.1) is 0 Å². The van der Waals surface area contributed by atoms with Crippen LogP contribution in [0.3, 0.4) is 0 Å². The predicted octanol–water partition coefficient (Wildman–Crippen LogP) is 5.22. The predicted molar refractivity (Wildman–Crippen MR) is 113 cm³/mol. The number of esters is 1. The van der Waals surface area contributed by atoms with Crippen molar-refractivity contribution in [3.8, 4) is 11.3 Å². The Balaban J connectivity index is 1.70. The minimum Gasteiger partial charge on any atom is -0.458 e. The lowest BCUT2D eigenvalue weighted by molar-refractivity contribution is -0.138. The molecule has 0 amide bonds. The Morgan fingerprint density at radius 3 is 2.17 bits per heavy atom. The Morgan fingerprint density at radius 1 is 0.828 bits per heavy atom. The molecular formula is C25H18O4. The fourth-order valence-electron chi connectivity index (χ4n) is 3.12. The molecule has 0 bridgehead atoms. The van der Waals surface area contributed by atoms with Crippen LogP contribution in [0.15, 0.2) is 100 Å². The summed E-state index contributed by atoms with van der Waals surface area (Å²) in [6.45, 7) is 0.195. The van der Waals surface area contributed by atoms with Gasteiger partial charge in [0.15, 0.2) is 0 Å². The summed E-state index contributed by atoms with van der Waals surface area (Å²) in [5, 5.41) is 1.18. The van der Waals surface area contributed by atoms with E-state index in [-0.39, 0.29) is 6.61 Å². The van der Waals surface area contributed by atoms with Gasteiger partial charge < -0.3 is 9.15 Å². The maximum Gasteiger partial charge on any atom is 0.344 e. The third-order valence-electron chi connectivity index (χ3n) is 4.52. The van der Waals surface area contributed by atoms with E-state index in [1.165, 1.54) is 6.08 Å². The molecule has 0 fully saturated rings. The molecule has 3 aromatic carbocycles. The summed E-state index contributed by atoms with van der Waals surface area (Å²) in [4.78, 5) is 24.7. The van der Waals surface area contributed by atoms with Gasteiger partial charge in [0.25, 0.3) is 0 Å². The topological polar surface area (TPSA) is 56.5 Å². The van der Waals surface area contributed by atoms with Crippen LogP contribution in [-0.2, 0) is 16.1 Å². The van der Waals surface area contributed by atoms with E-state index in [9.17, 15) is 9.59 Å². The zero-order valence-corrected chi connectivity index (χ0v) is 15.6. The van der Waals surface area contributed by atoms with Crippen LogP contribution in [0.5, 0.6) is 0 Å². The van der Waals surface area contributed by atoms with E-state index in [0.717, 1.165) is 16.5 Å². The zero-order valence-electron chi connectivity index (χ0n) is 15.6. The highest BCUT2D eigenvalue weighted by atomic mass is 16.5. The second-order valence-corrected chi connectivity index (χ2v) is 6.47. The normalized spacial score (nSPS) is 11.0. The highest BCUT2D eigenvalue weighted by Crippen LogP contribution is 2.29. The first-order chi connectivity index (χ1) is 14.2. The molecule has 0 aliphatic rings. The Bertz CT molecular complexity index is 1220. The van der Waals surface area contributed by atoms with E-state index in [0.29, 0.717) is 16.7 Å². The monoisotopic (exact) mass is 382 g/mol. The third-order valence-corrected chi connectivity index (χ3v) is 4.52. The molecule has 0 aliphatic heterocycles. The lowest BCUT2D eigenvalue weighted by Crippen LogP contribution is -2.04. The molecule has 0 aliphatic carbocycles. The Labute approximate surface area is 167 Å². The Kier molecular flexibility index (Phi) is 5.34. The smallest absolute Gasteiger partial charge is 0.344 e. The summed E-state index contributed by atoms with van der Waals surface area (Å²) < 4.78 is 10.9. The van der Waals surface area contributed by atoms with Crippen LogP contribution >= 0.6 is 0 Å². The van der Waals surface area contributed by atoms with Crippen molar-refractivity contribution in [1.29, 1.82) is 0 Å². The zero-order chi connectivity index (χ0) is 20.1. The van der Waals surface area contributed by atoms with Gasteiger partial charge in [-0.15, -0.1) is 0 Å². The largest absolute Gasteiger partial charge is 0.458 e. The van der Waals surface area contributed by atoms with Gasteiger partial charge in [-0.3, -0.25) is 0 Å². The lowest BCUT2D eigenvalue weighted by atomic mass is 10.0. The highest BCUT2D eigenvalue weighted by molar-refractivity contribution is 5.97. The number of carbonyl (C=O) groups is 1. The quantitative estimate of drug-likeness (QED) is 0.351. The van der Waals surface area contributed by atoms with Crippen molar-refractivity contribution < 1.29 is 13.9 Å². The van der Waals surface area contributed by atoms with Gasteiger partial charge in [-0.05, 0) is 23.1 Å². The van der Waals surface area contributed by atoms with Gasteiger partial charge >= 0.3 is 11.6 Å². The van der Waals surface area contributed by atoms with Crippen LogP contribution in [0.2, 0.25) is 0 Å². The lowest BCUT2D eigenvalue weighted by Gasteiger charge is -2.08. The van der Waals surface area contributed by atoms with E-state index in [4.69, 9.17) is 9.15 Å². The fraction of sp³-hybridized carbons (Fsp3) is 0.0400. The molecule has 1 aromatic heterocycles. The minimum absolute atomic E-state index is 0.195. The van der Waals surface area contributed by atoms with Gasteiger partial charge in [0.1, 0.15) is 12.4 Å². The molecule has 0 saturated carbocycles. The minimum atomic E-state index is -0.469. The van der Waals surface area contributed by atoms with Crippen LogP contribution < -0.4 is 5.63 Å². The maximum absolute atomic E-state index is 12.4. The molecule has 0 spiro atoms. The van der Waals surface area contributed by atoms with Gasteiger partial charge in [0, 0.05) is 17.2 Å². The van der Waals surface area contributed by atoms with E-state index in [2.05, 4.69) is 0 Å². The molecule has 0 atom stereocenters. The number of hydrogen-bond acceptors (Lipinski definition) is 4. The first-order valence-electron chi connectivity index (χ1n) is 9.22. The number of benzene rings is 3. The standard InChI is InChI=1S/C25H18O4/c26-23(28-17-18-9-3-1-4-10-18)16-15-21-20-13-7-8-14-22(20)25(27)29-24(21)19-11-5-2-6-12-19/h1-16H,17H2/b16-15+. The summed E-state index contributed by atoms with van der Waals surface area (Å²) in [5.41, 5.74) is 1.91. The Morgan fingerprint density at radius 2 is 1.45 bits per heavy atom. The van der Waals surface area contributed by atoms with Crippen molar-refractivity contribution >= 4 is 22.8 Å². The molecule has 1 heterocycles. The number of fused-ring (bicyclic) bond motifs is 1. The molecule has 4 heteroatoms. The summed E-state index contributed by atoms with van der Waals surface area (Å²) in [6.07, 6.45) is 3.00. The molecule has 29 heavy (non-hydrogen) atoms. The van der Waals surface area contributed by atoms with Crippen molar-refractivity contribution in [3.05, 3.63) is 113 Å². The summed E-state index contributed by atoms with van der Waals surface area (Å²) in [5.74, 6) is -0.0513. The van der Waals surface area contributed by atoms with Crippen molar-refractivity contribution in [2.75, 3.05) is 0 Å². The Hall–Kier alpha value is -3.92. The molecule has 0 radical (unpaired) electrons. The van der Waals surface area contributed by atoms with Gasteiger partial charge in [-0.2, -0.15) is 0 Å². The molecule has 0 N–H and O–H groups in total. The molecule has 0 saturated heterocycles. The maximum atomic E-state index is 12.4. The second-order valence-electron chi connectivity index (χ2n) is 6.47. The van der Waals surface area contributed by atoms with E-state index in [1.54, 1.807) is 18.2 Å². The van der Waals surface area contributed by atoms with Gasteiger partial charge in [-0.1, -0.05) is 78.9 Å². The van der Waals surface area contributed by atoms with E-state index >= 15 is 0 Å². The van der Waals surface area contributed by atoms with Gasteiger partial charge in [-0.25, -0.2) is 9.59 Å². The second kappa shape index (κ2) is 8.40. The summed E-state index contributed by atoms with van der Waals surface area (Å²) >= 11 is 0. The van der Waals surface area contributed by atoms with Gasteiger partial charge in [0.2, 0.25) is 0 Å². The first-order valence-corrected chi connectivity index (χ1v) is 9.22. The highest BCUT2D eigenvalue weighted by Gasteiger charge is 2.13. The fourth-order valence-corrected chi connectivity index (χ4v) is 3.12. The van der Waals surface area contributed by atoms with Crippen molar-refractivity contribution in [2.24, 2.45) is 0 Å².